The molecule has 24 heavy (non-hydrogen) atoms. The van der Waals surface area contributed by atoms with Gasteiger partial charge in [0.05, 0.1) is 11.2 Å². The molecule has 0 radical (unpaired) electrons. The van der Waals surface area contributed by atoms with Gasteiger partial charge >= 0.3 is 0 Å². The second-order valence-electron chi connectivity index (χ2n) is 5.20. The highest BCUT2D eigenvalue weighted by Crippen LogP contribution is 2.21. The lowest BCUT2D eigenvalue weighted by Crippen LogP contribution is -2.17. The minimum Gasteiger partial charge on any atom is -0.349 e. The predicted molar refractivity (Wildman–Crippen MR) is 97.3 cm³/mol. The Labute approximate surface area is 146 Å². The van der Waals surface area contributed by atoms with Crippen LogP contribution in [-0.2, 0) is 0 Å². The summed E-state index contributed by atoms with van der Waals surface area (Å²) in [6, 6.07) is 12.7. The van der Waals surface area contributed by atoms with Crippen LogP contribution in [0.2, 0.25) is 10.0 Å². The van der Waals surface area contributed by atoms with Gasteiger partial charge in [0.25, 0.3) is 5.56 Å². The topological polar surface area (TPSA) is 63.0 Å². The maximum Gasteiger partial charge on any atom is 0.298 e. The summed E-state index contributed by atoms with van der Waals surface area (Å²) in [7, 11) is 0. The molecule has 4 rings (SSSR count). The fraction of sp³-hybridized carbons (Fsp3) is 0. The van der Waals surface area contributed by atoms with E-state index in [1.165, 1.54) is 17.2 Å². The number of aromatic nitrogens is 3. The zero-order valence-corrected chi connectivity index (χ0v) is 13.7. The van der Waals surface area contributed by atoms with Gasteiger partial charge < -0.3 is 4.98 Å². The Morgan fingerprint density at radius 1 is 1.17 bits per heavy atom. The van der Waals surface area contributed by atoms with Crippen molar-refractivity contribution >= 4 is 51.4 Å². The van der Waals surface area contributed by atoms with E-state index in [1.807, 2.05) is 24.3 Å². The molecule has 0 atom stereocenters. The first-order valence-corrected chi connectivity index (χ1v) is 7.86. The molecule has 0 bridgehead atoms. The van der Waals surface area contributed by atoms with Crippen molar-refractivity contribution in [3.63, 3.8) is 0 Å². The van der Waals surface area contributed by atoms with Crippen LogP contribution < -0.4 is 5.56 Å². The number of para-hydroxylation sites is 1. The second kappa shape index (κ2) is 5.78. The average molecular weight is 357 g/mol. The van der Waals surface area contributed by atoms with Gasteiger partial charge in [-0.15, -0.1) is 0 Å². The quantitative estimate of drug-likeness (QED) is 0.550. The third kappa shape index (κ3) is 2.48. The largest absolute Gasteiger partial charge is 0.349 e. The minimum absolute atomic E-state index is 0.280. The molecule has 0 unspecified atom stereocenters. The Bertz CT molecular complexity index is 1160. The predicted octanol–water partition coefficient (Wildman–Crippen LogP) is 4.07. The molecule has 0 spiro atoms. The summed E-state index contributed by atoms with van der Waals surface area (Å²) in [5, 5.41) is 6.05. The van der Waals surface area contributed by atoms with Crippen LogP contribution in [0.1, 0.15) is 5.56 Å². The summed E-state index contributed by atoms with van der Waals surface area (Å²) < 4.78 is 1.17. The summed E-state index contributed by atoms with van der Waals surface area (Å²) >= 11 is 12.0. The highest BCUT2D eigenvalue weighted by Gasteiger charge is 2.09. The number of fused-ring (bicyclic) bond motifs is 3. The van der Waals surface area contributed by atoms with Gasteiger partial charge in [-0.2, -0.15) is 9.78 Å². The second-order valence-corrected chi connectivity index (χ2v) is 6.04. The van der Waals surface area contributed by atoms with Crippen molar-refractivity contribution in [3.8, 4) is 0 Å². The zero-order valence-electron chi connectivity index (χ0n) is 12.2. The molecule has 1 N–H and O–H groups in total. The van der Waals surface area contributed by atoms with Crippen LogP contribution in [-0.4, -0.2) is 20.9 Å². The number of benzene rings is 2. The van der Waals surface area contributed by atoms with E-state index >= 15 is 0 Å². The van der Waals surface area contributed by atoms with Gasteiger partial charge in [0.2, 0.25) is 0 Å². The van der Waals surface area contributed by atoms with Crippen LogP contribution in [0.3, 0.4) is 0 Å². The summed E-state index contributed by atoms with van der Waals surface area (Å²) in [4.78, 5) is 20.0. The first-order valence-electron chi connectivity index (χ1n) is 7.11. The van der Waals surface area contributed by atoms with Crippen LogP contribution in [0, 0.1) is 0 Å². The zero-order chi connectivity index (χ0) is 16.7. The van der Waals surface area contributed by atoms with Gasteiger partial charge in [-0.05, 0) is 18.2 Å². The molecule has 0 aliphatic rings. The molecule has 5 nitrogen and oxygen atoms in total. The molecule has 7 heteroatoms. The Balaban J connectivity index is 1.82. The molecule has 2 aromatic carbocycles. The van der Waals surface area contributed by atoms with E-state index in [-0.39, 0.29) is 5.56 Å². The van der Waals surface area contributed by atoms with E-state index in [9.17, 15) is 4.79 Å². The van der Waals surface area contributed by atoms with E-state index in [0.717, 1.165) is 10.9 Å². The van der Waals surface area contributed by atoms with E-state index in [4.69, 9.17) is 23.2 Å². The molecule has 0 aliphatic heterocycles. The SMILES string of the molecule is O=c1c2[nH]c3ccccc3c2ncn1N=Cc1ccc(Cl)cc1Cl. The lowest BCUT2D eigenvalue weighted by molar-refractivity contribution is 0.815. The van der Waals surface area contributed by atoms with Gasteiger partial charge in [0, 0.05) is 21.5 Å². The Morgan fingerprint density at radius 3 is 2.83 bits per heavy atom. The number of rotatable bonds is 2. The van der Waals surface area contributed by atoms with Crippen LogP contribution in [0.5, 0.6) is 0 Å². The molecule has 4 aromatic rings. The molecule has 0 saturated heterocycles. The van der Waals surface area contributed by atoms with E-state index in [0.29, 0.717) is 26.6 Å². The smallest absolute Gasteiger partial charge is 0.298 e. The maximum absolute atomic E-state index is 12.6. The molecule has 0 amide bonds. The number of hydrogen-bond acceptors (Lipinski definition) is 3. The van der Waals surface area contributed by atoms with Crippen molar-refractivity contribution < 1.29 is 0 Å². The Morgan fingerprint density at radius 2 is 2.00 bits per heavy atom. The van der Waals surface area contributed by atoms with Gasteiger partial charge in [0.15, 0.2) is 0 Å². The van der Waals surface area contributed by atoms with Crippen molar-refractivity contribution in [1.29, 1.82) is 0 Å². The molecule has 0 fully saturated rings. The highest BCUT2D eigenvalue weighted by molar-refractivity contribution is 6.36. The molecular weight excluding hydrogens is 347 g/mol. The van der Waals surface area contributed by atoms with Crippen LogP contribution in [0.25, 0.3) is 21.9 Å². The van der Waals surface area contributed by atoms with Crippen molar-refractivity contribution in [2.45, 2.75) is 0 Å². The molecule has 118 valence electrons. The molecule has 2 aromatic heterocycles. The highest BCUT2D eigenvalue weighted by atomic mass is 35.5. The fourth-order valence-corrected chi connectivity index (χ4v) is 2.97. The van der Waals surface area contributed by atoms with Crippen molar-refractivity contribution in [2.24, 2.45) is 5.10 Å². The normalized spacial score (nSPS) is 11.8. The standard InChI is InChI=1S/C17H10Cl2N4O/c18-11-6-5-10(13(19)7-11)8-21-23-9-20-15-12-3-1-2-4-14(12)22-16(15)17(23)24/h1-9,22H. The van der Waals surface area contributed by atoms with E-state index in [1.54, 1.807) is 18.2 Å². The summed E-state index contributed by atoms with van der Waals surface area (Å²) in [5.74, 6) is 0. The summed E-state index contributed by atoms with van der Waals surface area (Å²) in [6.07, 6.45) is 2.89. The molecule has 0 saturated carbocycles. The Hall–Kier alpha value is -2.63. The monoisotopic (exact) mass is 356 g/mol. The third-order valence-electron chi connectivity index (χ3n) is 3.68. The third-order valence-corrected chi connectivity index (χ3v) is 4.24. The van der Waals surface area contributed by atoms with E-state index < -0.39 is 0 Å². The van der Waals surface area contributed by atoms with E-state index in [2.05, 4.69) is 15.1 Å². The lowest BCUT2D eigenvalue weighted by atomic mass is 10.2. The molecule has 2 heterocycles. The number of halogens is 2. The summed E-state index contributed by atoms with van der Waals surface area (Å²) in [5.41, 5.74) is 2.28. The van der Waals surface area contributed by atoms with Crippen molar-refractivity contribution in [1.82, 2.24) is 14.6 Å². The van der Waals surface area contributed by atoms with Crippen LogP contribution in [0.4, 0.5) is 0 Å². The average Bonchev–Trinajstić information content (AvgIpc) is 2.95. The van der Waals surface area contributed by atoms with Gasteiger partial charge in [-0.25, -0.2) is 4.98 Å². The maximum atomic E-state index is 12.6. The fourth-order valence-electron chi connectivity index (χ4n) is 2.51. The van der Waals surface area contributed by atoms with Crippen molar-refractivity contribution in [2.75, 3.05) is 0 Å². The Kier molecular flexibility index (Phi) is 3.59. The first-order chi connectivity index (χ1) is 11.6. The molecule has 0 aliphatic carbocycles. The number of nitrogens with one attached hydrogen (secondary N) is 1. The number of aromatic amines is 1. The number of hydrogen-bond donors (Lipinski definition) is 1. The van der Waals surface area contributed by atoms with Crippen LogP contribution in [0.15, 0.2) is 58.7 Å². The van der Waals surface area contributed by atoms with Gasteiger partial charge in [-0.3, -0.25) is 4.79 Å². The number of H-pyrrole nitrogens is 1. The molecular formula is C17H10Cl2N4O. The summed E-state index contributed by atoms with van der Waals surface area (Å²) in [6.45, 7) is 0. The van der Waals surface area contributed by atoms with Gasteiger partial charge in [-0.1, -0.05) is 47.5 Å². The number of nitrogens with zero attached hydrogens (tertiary/aromatic N) is 3. The van der Waals surface area contributed by atoms with Gasteiger partial charge in [0.1, 0.15) is 17.4 Å². The minimum atomic E-state index is -0.280. The van der Waals surface area contributed by atoms with Crippen molar-refractivity contribution in [3.05, 3.63) is 74.8 Å². The lowest BCUT2D eigenvalue weighted by Gasteiger charge is -2.00. The van der Waals surface area contributed by atoms with Crippen LogP contribution >= 0.6 is 23.2 Å². The first kappa shape index (κ1) is 14.9.